The molecule has 15 heavy (non-hydrogen) atoms. The Balaban J connectivity index is 2.66. The van der Waals surface area contributed by atoms with E-state index in [1.807, 2.05) is 19.2 Å². The number of nitrogens with zero attached hydrogens (tertiary/aromatic N) is 1. The first-order chi connectivity index (χ1) is 7.17. The van der Waals surface area contributed by atoms with Crippen molar-refractivity contribution in [3.05, 3.63) is 17.8 Å². The van der Waals surface area contributed by atoms with Gasteiger partial charge in [0.05, 0.1) is 0 Å². The molecular formula is C12H21N3. The Morgan fingerprint density at radius 3 is 2.73 bits per heavy atom. The highest BCUT2D eigenvalue weighted by molar-refractivity contribution is 5.53. The van der Waals surface area contributed by atoms with E-state index in [1.54, 1.807) is 0 Å². The highest BCUT2D eigenvalue weighted by Crippen LogP contribution is 2.16. The van der Waals surface area contributed by atoms with Crippen LogP contribution in [0.3, 0.4) is 0 Å². The van der Waals surface area contributed by atoms with Crippen molar-refractivity contribution in [1.29, 1.82) is 0 Å². The van der Waals surface area contributed by atoms with Crippen LogP contribution in [0.15, 0.2) is 12.3 Å². The van der Waals surface area contributed by atoms with Crippen LogP contribution in [0.4, 0.5) is 11.5 Å². The molecule has 0 fully saturated rings. The van der Waals surface area contributed by atoms with E-state index in [-0.39, 0.29) is 0 Å². The molecule has 0 amide bonds. The van der Waals surface area contributed by atoms with Gasteiger partial charge in [0, 0.05) is 24.0 Å². The second-order valence-corrected chi connectivity index (χ2v) is 3.96. The van der Waals surface area contributed by atoms with Crippen molar-refractivity contribution >= 4 is 11.5 Å². The van der Waals surface area contributed by atoms with Crippen LogP contribution in [-0.4, -0.2) is 11.0 Å². The second-order valence-electron chi connectivity index (χ2n) is 3.96. The average Bonchev–Trinajstić information content (AvgIpc) is 2.23. The van der Waals surface area contributed by atoms with E-state index in [9.17, 15) is 0 Å². The summed E-state index contributed by atoms with van der Waals surface area (Å²) in [5.41, 5.74) is 7.67. The van der Waals surface area contributed by atoms with Gasteiger partial charge in [-0.3, -0.25) is 0 Å². The maximum Gasteiger partial charge on any atom is 0.128 e. The molecule has 3 N–H and O–H groups in total. The van der Waals surface area contributed by atoms with Gasteiger partial charge in [-0.1, -0.05) is 20.3 Å². The summed E-state index contributed by atoms with van der Waals surface area (Å²) in [5.74, 6) is 0.887. The number of hydrogen-bond donors (Lipinski definition) is 2. The Bertz CT molecular complexity index is 310. The molecule has 1 aromatic heterocycles. The predicted octanol–water partition coefficient (Wildman–Crippen LogP) is 2.96. The van der Waals surface area contributed by atoms with E-state index < -0.39 is 0 Å². The molecule has 0 aromatic carbocycles. The SMILES string of the molecule is CCCC(CC)Nc1cc(N)c(C)cn1. The zero-order valence-electron chi connectivity index (χ0n) is 9.88. The lowest BCUT2D eigenvalue weighted by molar-refractivity contribution is 0.620. The predicted molar refractivity (Wildman–Crippen MR) is 66.0 cm³/mol. The highest BCUT2D eigenvalue weighted by Gasteiger charge is 2.06. The maximum atomic E-state index is 5.83. The number of nitrogens with two attached hydrogens (primary N) is 1. The summed E-state index contributed by atoms with van der Waals surface area (Å²) < 4.78 is 0. The van der Waals surface area contributed by atoms with Crippen LogP contribution in [0.25, 0.3) is 0 Å². The molecule has 0 aliphatic rings. The number of aryl methyl sites for hydroxylation is 1. The van der Waals surface area contributed by atoms with Gasteiger partial charge in [-0.15, -0.1) is 0 Å². The molecular weight excluding hydrogens is 186 g/mol. The van der Waals surface area contributed by atoms with E-state index in [2.05, 4.69) is 24.1 Å². The molecule has 1 heterocycles. The molecule has 0 aliphatic heterocycles. The van der Waals surface area contributed by atoms with Crippen LogP contribution in [0, 0.1) is 6.92 Å². The number of anilines is 2. The molecule has 0 saturated carbocycles. The first-order valence-electron chi connectivity index (χ1n) is 5.66. The fourth-order valence-electron chi connectivity index (χ4n) is 1.55. The number of pyridine rings is 1. The fraction of sp³-hybridized carbons (Fsp3) is 0.583. The summed E-state index contributed by atoms with van der Waals surface area (Å²) in [4.78, 5) is 4.32. The third kappa shape index (κ3) is 3.42. The van der Waals surface area contributed by atoms with Crippen LogP contribution in [0.5, 0.6) is 0 Å². The van der Waals surface area contributed by atoms with Gasteiger partial charge in [-0.05, 0) is 25.3 Å². The normalized spacial score (nSPS) is 12.5. The minimum Gasteiger partial charge on any atom is -0.398 e. The first kappa shape index (κ1) is 11.8. The molecule has 0 aliphatic carbocycles. The standard InChI is InChI=1S/C12H21N3/c1-4-6-10(5-2)15-12-7-11(13)9(3)8-14-12/h7-8,10H,4-6H2,1-3H3,(H3,13,14,15). The summed E-state index contributed by atoms with van der Waals surface area (Å²) in [7, 11) is 0. The van der Waals surface area contributed by atoms with Gasteiger partial charge in [0.25, 0.3) is 0 Å². The molecule has 1 atom stereocenters. The topological polar surface area (TPSA) is 50.9 Å². The van der Waals surface area contributed by atoms with E-state index in [0.717, 1.165) is 23.5 Å². The molecule has 0 saturated heterocycles. The minimum absolute atomic E-state index is 0.504. The third-order valence-electron chi connectivity index (χ3n) is 2.63. The fourth-order valence-corrected chi connectivity index (χ4v) is 1.55. The van der Waals surface area contributed by atoms with Crippen LogP contribution in [0.2, 0.25) is 0 Å². The van der Waals surface area contributed by atoms with Gasteiger partial charge in [0.1, 0.15) is 5.82 Å². The lowest BCUT2D eigenvalue weighted by atomic mass is 10.1. The van der Waals surface area contributed by atoms with Crippen LogP contribution < -0.4 is 11.1 Å². The summed E-state index contributed by atoms with van der Waals surface area (Å²) in [6, 6.07) is 2.41. The quantitative estimate of drug-likeness (QED) is 0.780. The van der Waals surface area contributed by atoms with E-state index in [1.165, 1.54) is 12.8 Å². The van der Waals surface area contributed by atoms with Crippen molar-refractivity contribution in [2.45, 2.75) is 46.1 Å². The Morgan fingerprint density at radius 2 is 2.20 bits per heavy atom. The van der Waals surface area contributed by atoms with E-state index in [0.29, 0.717) is 6.04 Å². The Morgan fingerprint density at radius 1 is 1.47 bits per heavy atom. The van der Waals surface area contributed by atoms with Gasteiger partial charge < -0.3 is 11.1 Å². The van der Waals surface area contributed by atoms with E-state index in [4.69, 9.17) is 5.73 Å². The molecule has 0 spiro atoms. The molecule has 1 unspecified atom stereocenters. The zero-order chi connectivity index (χ0) is 11.3. The summed E-state index contributed by atoms with van der Waals surface area (Å²) in [6.07, 6.45) is 5.29. The largest absolute Gasteiger partial charge is 0.398 e. The number of rotatable bonds is 5. The Labute approximate surface area is 92.1 Å². The molecule has 3 heteroatoms. The molecule has 1 aromatic rings. The summed E-state index contributed by atoms with van der Waals surface area (Å²) >= 11 is 0. The van der Waals surface area contributed by atoms with Crippen LogP contribution in [0.1, 0.15) is 38.7 Å². The van der Waals surface area contributed by atoms with Crippen molar-refractivity contribution < 1.29 is 0 Å². The van der Waals surface area contributed by atoms with Gasteiger partial charge in [-0.25, -0.2) is 4.98 Å². The number of hydrogen-bond acceptors (Lipinski definition) is 3. The second kappa shape index (κ2) is 5.59. The minimum atomic E-state index is 0.504. The summed E-state index contributed by atoms with van der Waals surface area (Å²) in [6.45, 7) is 6.35. The molecule has 1 rings (SSSR count). The van der Waals surface area contributed by atoms with Crippen molar-refractivity contribution in [2.75, 3.05) is 11.1 Å². The average molecular weight is 207 g/mol. The summed E-state index contributed by atoms with van der Waals surface area (Å²) in [5, 5.41) is 3.41. The van der Waals surface area contributed by atoms with Crippen LogP contribution >= 0.6 is 0 Å². The maximum absolute atomic E-state index is 5.83. The number of nitrogen functional groups attached to an aromatic ring is 1. The van der Waals surface area contributed by atoms with Gasteiger partial charge in [0.2, 0.25) is 0 Å². The van der Waals surface area contributed by atoms with Gasteiger partial charge in [0.15, 0.2) is 0 Å². The lowest BCUT2D eigenvalue weighted by Gasteiger charge is -2.17. The first-order valence-corrected chi connectivity index (χ1v) is 5.66. The van der Waals surface area contributed by atoms with Crippen molar-refractivity contribution in [1.82, 2.24) is 4.98 Å². The Hall–Kier alpha value is -1.25. The van der Waals surface area contributed by atoms with Crippen molar-refractivity contribution in [2.24, 2.45) is 0 Å². The van der Waals surface area contributed by atoms with Gasteiger partial charge >= 0.3 is 0 Å². The smallest absolute Gasteiger partial charge is 0.128 e. The molecule has 0 radical (unpaired) electrons. The Kier molecular flexibility index (Phi) is 4.40. The van der Waals surface area contributed by atoms with E-state index >= 15 is 0 Å². The monoisotopic (exact) mass is 207 g/mol. The third-order valence-corrected chi connectivity index (χ3v) is 2.63. The number of nitrogens with one attached hydrogen (secondary N) is 1. The molecule has 3 nitrogen and oxygen atoms in total. The molecule has 84 valence electrons. The van der Waals surface area contributed by atoms with Gasteiger partial charge in [-0.2, -0.15) is 0 Å². The van der Waals surface area contributed by atoms with Crippen molar-refractivity contribution in [3.8, 4) is 0 Å². The number of aromatic nitrogens is 1. The van der Waals surface area contributed by atoms with Crippen molar-refractivity contribution in [3.63, 3.8) is 0 Å². The molecule has 0 bridgehead atoms. The zero-order valence-corrected chi connectivity index (χ0v) is 9.88. The lowest BCUT2D eigenvalue weighted by Crippen LogP contribution is -2.18. The van der Waals surface area contributed by atoms with Crippen LogP contribution in [-0.2, 0) is 0 Å². The highest BCUT2D eigenvalue weighted by atomic mass is 15.0.